The SMILES string of the molecule is COc1ccc(C)cc1NC(=O)Nc1ccc2ccccc2c1. The number of anilines is 2. The van der Waals surface area contributed by atoms with Crippen LogP contribution in [0.1, 0.15) is 5.56 Å². The van der Waals surface area contributed by atoms with Crippen LogP contribution in [0.25, 0.3) is 10.8 Å². The highest BCUT2D eigenvalue weighted by Crippen LogP contribution is 2.25. The minimum atomic E-state index is -0.302. The van der Waals surface area contributed by atoms with Crippen LogP contribution in [0.5, 0.6) is 5.75 Å². The van der Waals surface area contributed by atoms with Gasteiger partial charge in [-0.1, -0.05) is 36.4 Å². The largest absolute Gasteiger partial charge is 0.495 e. The molecule has 116 valence electrons. The third-order valence-electron chi connectivity index (χ3n) is 3.61. The molecule has 3 aromatic carbocycles. The van der Waals surface area contributed by atoms with E-state index in [-0.39, 0.29) is 6.03 Å². The Labute approximate surface area is 135 Å². The predicted molar refractivity (Wildman–Crippen MR) is 94.3 cm³/mol. The van der Waals surface area contributed by atoms with Crippen molar-refractivity contribution < 1.29 is 9.53 Å². The standard InChI is InChI=1S/C19H18N2O2/c1-13-7-10-18(23-2)17(11-13)21-19(22)20-16-9-8-14-5-3-4-6-15(14)12-16/h3-12H,1-2H3,(H2,20,21,22). The molecule has 0 unspecified atom stereocenters. The molecule has 23 heavy (non-hydrogen) atoms. The molecule has 0 aliphatic carbocycles. The molecule has 0 bridgehead atoms. The lowest BCUT2D eigenvalue weighted by Crippen LogP contribution is -2.19. The average molecular weight is 306 g/mol. The summed E-state index contributed by atoms with van der Waals surface area (Å²) in [4.78, 5) is 12.2. The van der Waals surface area contributed by atoms with E-state index >= 15 is 0 Å². The van der Waals surface area contributed by atoms with Gasteiger partial charge in [-0.25, -0.2) is 4.79 Å². The van der Waals surface area contributed by atoms with E-state index < -0.39 is 0 Å². The smallest absolute Gasteiger partial charge is 0.323 e. The van der Waals surface area contributed by atoms with Crippen molar-refractivity contribution in [2.45, 2.75) is 6.92 Å². The summed E-state index contributed by atoms with van der Waals surface area (Å²) in [7, 11) is 1.58. The molecule has 3 rings (SSSR count). The first-order valence-corrected chi connectivity index (χ1v) is 7.37. The maximum atomic E-state index is 12.2. The normalized spacial score (nSPS) is 10.3. The van der Waals surface area contributed by atoms with Gasteiger partial charge in [-0.15, -0.1) is 0 Å². The first-order valence-electron chi connectivity index (χ1n) is 7.37. The van der Waals surface area contributed by atoms with Gasteiger partial charge in [-0.2, -0.15) is 0 Å². The summed E-state index contributed by atoms with van der Waals surface area (Å²) in [5, 5.41) is 7.89. The molecule has 0 atom stereocenters. The molecule has 0 radical (unpaired) electrons. The number of amides is 2. The molecular formula is C19H18N2O2. The van der Waals surface area contributed by atoms with Crippen LogP contribution >= 0.6 is 0 Å². The molecule has 0 saturated carbocycles. The van der Waals surface area contributed by atoms with Crippen LogP contribution in [0.15, 0.2) is 60.7 Å². The van der Waals surface area contributed by atoms with Crippen molar-refractivity contribution in [3.05, 3.63) is 66.2 Å². The summed E-state index contributed by atoms with van der Waals surface area (Å²) in [6, 6.07) is 19.2. The topological polar surface area (TPSA) is 50.4 Å². The van der Waals surface area contributed by atoms with Gasteiger partial charge in [0.15, 0.2) is 0 Å². The van der Waals surface area contributed by atoms with Gasteiger partial charge in [0, 0.05) is 5.69 Å². The second-order valence-corrected chi connectivity index (χ2v) is 5.34. The summed E-state index contributed by atoms with van der Waals surface area (Å²) in [6.45, 7) is 1.96. The number of aryl methyl sites for hydroxylation is 1. The van der Waals surface area contributed by atoms with Crippen molar-refractivity contribution in [2.24, 2.45) is 0 Å². The van der Waals surface area contributed by atoms with Gasteiger partial charge in [0.25, 0.3) is 0 Å². The maximum Gasteiger partial charge on any atom is 0.323 e. The van der Waals surface area contributed by atoms with Gasteiger partial charge in [0.05, 0.1) is 12.8 Å². The average Bonchev–Trinajstić information content (AvgIpc) is 2.55. The Morgan fingerprint density at radius 3 is 2.48 bits per heavy atom. The molecule has 0 heterocycles. The first-order chi connectivity index (χ1) is 11.2. The number of hydrogen-bond donors (Lipinski definition) is 2. The molecule has 3 aromatic rings. The lowest BCUT2D eigenvalue weighted by atomic mass is 10.1. The number of benzene rings is 3. The highest BCUT2D eigenvalue weighted by molar-refractivity contribution is 6.02. The Hall–Kier alpha value is -3.01. The fourth-order valence-corrected chi connectivity index (χ4v) is 2.47. The number of carbonyl (C=O) groups excluding carboxylic acids is 1. The molecule has 2 amide bonds. The minimum absolute atomic E-state index is 0.302. The zero-order chi connectivity index (χ0) is 16.2. The van der Waals surface area contributed by atoms with Gasteiger partial charge in [0.1, 0.15) is 5.75 Å². The second-order valence-electron chi connectivity index (χ2n) is 5.34. The Morgan fingerprint density at radius 2 is 1.70 bits per heavy atom. The van der Waals surface area contributed by atoms with Crippen LogP contribution in [0.4, 0.5) is 16.2 Å². The van der Waals surface area contributed by atoms with Crippen LogP contribution < -0.4 is 15.4 Å². The molecule has 2 N–H and O–H groups in total. The lowest BCUT2D eigenvalue weighted by Gasteiger charge is -2.12. The van der Waals surface area contributed by atoms with Gasteiger partial charge >= 0.3 is 6.03 Å². The van der Waals surface area contributed by atoms with E-state index in [0.29, 0.717) is 11.4 Å². The van der Waals surface area contributed by atoms with E-state index in [2.05, 4.69) is 10.6 Å². The first kappa shape index (κ1) is 14.9. The Balaban J connectivity index is 1.77. The molecule has 0 fully saturated rings. The summed E-state index contributed by atoms with van der Waals surface area (Å²) >= 11 is 0. The molecule has 0 saturated heterocycles. The molecule has 0 aliphatic heterocycles. The number of ether oxygens (including phenoxy) is 1. The summed E-state index contributed by atoms with van der Waals surface area (Å²) in [5.41, 5.74) is 2.44. The summed E-state index contributed by atoms with van der Waals surface area (Å²) in [6.07, 6.45) is 0. The maximum absolute atomic E-state index is 12.2. The minimum Gasteiger partial charge on any atom is -0.495 e. The van der Waals surface area contributed by atoms with Gasteiger partial charge in [-0.05, 0) is 47.5 Å². The van der Waals surface area contributed by atoms with E-state index in [1.807, 2.05) is 67.6 Å². The van der Waals surface area contributed by atoms with Gasteiger partial charge < -0.3 is 15.4 Å². The lowest BCUT2D eigenvalue weighted by molar-refractivity contribution is 0.262. The quantitative estimate of drug-likeness (QED) is 0.730. The zero-order valence-corrected chi connectivity index (χ0v) is 13.1. The van der Waals surface area contributed by atoms with E-state index in [0.717, 1.165) is 22.0 Å². The van der Waals surface area contributed by atoms with Crippen LogP contribution in [-0.2, 0) is 0 Å². The van der Waals surface area contributed by atoms with Crippen LogP contribution in [-0.4, -0.2) is 13.1 Å². The molecule has 0 aliphatic rings. The van der Waals surface area contributed by atoms with Crippen molar-refractivity contribution in [2.75, 3.05) is 17.7 Å². The molecular weight excluding hydrogens is 288 g/mol. The second kappa shape index (κ2) is 6.40. The Morgan fingerprint density at radius 1 is 0.913 bits per heavy atom. The van der Waals surface area contributed by atoms with Crippen LogP contribution in [0.3, 0.4) is 0 Å². The third-order valence-corrected chi connectivity index (χ3v) is 3.61. The van der Waals surface area contributed by atoms with Crippen molar-refractivity contribution in [3.8, 4) is 5.75 Å². The van der Waals surface area contributed by atoms with Crippen LogP contribution in [0.2, 0.25) is 0 Å². The third kappa shape index (κ3) is 3.43. The number of nitrogens with one attached hydrogen (secondary N) is 2. The van der Waals surface area contributed by atoms with Crippen molar-refractivity contribution >= 4 is 28.2 Å². The number of hydrogen-bond acceptors (Lipinski definition) is 2. The Kier molecular flexibility index (Phi) is 4.15. The van der Waals surface area contributed by atoms with Crippen molar-refractivity contribution in [1.82, 2.24) is 0 Å². The fraction of sp³-hybridized carbons (Fsp3) is 0.105. The number of rotatable bonds is 3. The summed E-state index contributed by atoms with van der Waals surface area (Å²) in [5.74, 6) is 0.629. The molecule has 0 aromatic heterocycles. The fourth-order valence-electron chi connectivity index (χ4n) is 2.47. The molecule has 0 spiro atoms. The van der Waals surface area contributed by atoms with E-state index in [4.69, 9.17) is 4.74 Å². The van der Waals surface area contributed by atoms with Crippen molar-refractivity contribution in [1.29, 1.82) is 0 Å². The Bertz CT molecular complexity index is 859. The van der Waals surface area contributed by atoms with Gasteiger partial charge in [0.2, 0.25) is 0 Å². The van der Waals surface area contributed by atoms with E-state index in [1.54, 1.807) is 7.11 Å². The number of carbonyl (C=O) groups is 1. The van der Waals surface area contributed by atoms with Crippen molar-refractivity contribution in [3.63, 3.8) is 0 Å². The number of methoxy groups -OCH3 is 1. The molecule has 4 nitrogen and oxygen atoms in total. The highest BCUT2D eigenvalue weighted by atomic mass is 16.5. The number of urea groups is 1. The zero-order valence-electron chi connectivity index (χ0n) is 13.1. The van der Waals surface area contributed by atoms with E-state index in [9.17, 15) is 4.79 Å². The van der Waals surface area contributed by atoms with Gasteiger partial charge in [-0.3, -0.25) is 0 Å². The monoisotopic (exact) mass is 306 g/mol. The highest BCUT2D eigenvalue weighted by Gasteiger charge is 2.08. The van der Waals surface area contributed by atoms with Crippen LogP contribution in [0, 0.1) is 6.92 Å². The summed E-state index contributed by atoms with van der Waals surface area (Å²) < 4.78 is 5.27. The number of fused-ring (bicyclic) bond motifs is 1. The predicted octanol–water partition coefficient (Wildman–Crippen LogP) is 4.80. The van der Waals surface area contributed by atoms with E-state index in [1.165, 1.54) is 0 Å². The molecule has 4 heteroatoms.